The van der Waals surface area contributed by atoms with E-state index >= 15 is 0 Å². The zero-order valence-electron chi connectivity index (χ0n) is 12.5. The Morgan fingerprint density at radius 3 is 2.68 bits per heavy atom. The van der Waals surface area contributed by atoms with Gasteiger partial charge in [-0.3, -0.25) is 4.79 Å². The molecule has 1 aromatic rings. The van der Waals surface area contributed by atoms with Crippen molar-refractivity contribution in [1.29, 1.82) is 0 Å². The smallest absolute Gasteiger partial charge is 0.270 e. The minimum atomic E-state index is -3.58. The minimum Gasteiger partial charge on any atom is -0.356 e. The molecule has 1 amide bonds. The highest BCUT2D eigenvalue weighted by Crippen LogP contribution is 2.26. The molecule has 0 aliphatic carbocycles. The number of likely N-dealkylation sites (tertiary alicyclic amines) is 1. The van der Waals surface area contributed by atoms with Crippen molar-refractivity contribution in [2.75, 3.05) is 26.2 Å². The lowest BCUT2D eigenvalue weighted by atomic mass is 10.2. The van der Waals surface area contributed by atoms with Crippen LogP contribution in [0.25, 0.3) is 0 Å². The number of H-pyrrole nitrogens is 1. The number of hydrogen-bond donors (Lipinski definition) is 2. The van der Waals surface area contributed by atoms with Crippen molar-refractivity contribution in [3.05, 3.63) is 18.0 Å². The van der Waals surface area contributed by atoms with E-state index in [2.05, 4.69) is 4.98 Å². The van der Waals surface area contributed by atoms with Gasteiger partial charge in [0.15, 0.2) is 0 Å². The van der Waals surface area contributed by atoms with Crippen LogP contribution < -0.4 is 5.73 Å². The summed E-state index contributed by atoms with van der Waals surface area (Å²) in [5, 5.41) is 0. The summed E-state index contributed by atoms with van der Waals surface area (Å²) in [4.78, 5) is 17.0. The number of aromatic nitrogens is 1. The number of nitrogens with zero attached hydrogens (tertiary/aromatic N) is 2. The number of sulfonamides is 1. The molecule has 2 aliphatic rings. The number of amides is 1. The fourth-order valence-corrected chi connectivity index (χ4v) is 4.93. The van der Waals surface area contributed by atoms with Crippen LogP contribution in [0.3, 0.4) is 0 Å². The van der Waals surface area contributed by atoms with Gasteiger partial charge < -0.3 is 15.6 Å². The van der Waals surface area contributed by atoms with Crippen LogP contribution >= 0.6 is 0 Å². The predicted octanol–water partition coefficient (Wildman–Crippen LogP) is 0.363. The maximum Gasteiger partial charge on any atom is 0.270 e. The second-order valence-electron chi connectivity index (χ2n) is 5.90. The Kier molecular flexibility index (Phi) is 4.24. The number of aromatic amines is 1. The molecule has 1 aromatic heterocycles. The number of nitrogens with two attached hydrogens (primary N) is 1. The largest absolute Gasteiger partial charge is 0.356 e. The molecule has 8 heteroatoms. The number of rotatable bonds is 4. The molecule has 1 unspecified atom stereocenters. The van der Waals surface area contributed by atoms with Crippen LogP contribution in [0.4, 0.5) is 0 Å². The Morgan fingerprint density at radius 2 is 2.00 bits per heavy atom. The van der Waals surface area contributed by atoms with Crippen LogP contribution in [-0.2, 0) is 10.0 Å². The van der Waals surface area contributed by atoms with E-state index < -0.39 is 10.0 Å². The fourth-order valence-electron chi connectivity index (χ4n) is 3.23. The summed E-state index contributed by atoms with van der Waals surface area (Å²) in [5.41, 5.74) is 6.00. The number of hydrogen-bond acceptors (Lipinski definition) is 4. The van der Waals surface area contributed by atoms with Crippen LogP contribution in [0, 0.1) is 0 Å². The molecule has 0 radical (unpaired) electrons. The predicted molar refractivity (Wildman–Crippen MR) is 81.9 cm³/mol. The maximum absolute atomic E-state index is 12.7. The SMILES string of the molecule is NCC1CCCN1S(=O)(=O)c1c[nH]c(C(=O)N2CCCC2)c1. The van der Waals surface area contributed by atoms with Gasteiger partial charge >= 0.3 is 0 Å². The Morgan fingerprint density at radius 1 is 1.27 bits per heavy atom. The first kappa shape index (κ1) is 15.5. The molecule has 2 saturated heterocycles. The van der Waals surface area contributed by atoms with Crippen LogP contribution in [0.15, 0.2) is 17.2 Å². The monoisotopic (exact) mass is 326 g/mol. The Hall–Kier alpha value is -1.38. The van der Waals surface area contributed by atoms with Gasteiger partial charge in [0.2, 0.25) is 10.0 Å². The Bertz CT molecular complexity index is 649. The van der Waals surface area contributed by atoms with E-state index in [0.29, 0.717) is 18.8 Å². The van der Waals surface area contributed by atoms with Crippen molar-refractivity contribution in [3.8, 4) is 0 Å². The molecule has 3 N–H and O–H groups in total. The van der Waals surface area contributed by atoms with Gasteiger partial charge in [0.05, 0.1) is 0 Å². The average molecular weight is 326 g/mol. The lowest BCUT2D eigenvalue weighted by Gasteiger charge is -2.22. The molecular weight excluding hydrogens is 304 g/mol. The molecule has 22 heavy (non-hydrogen) atoms. The maximum atomic E-state index is 12.7. The molecule has 3 heterocycles. The molecule has 0 aromatic carbocycles. The summed E-state index contributed by atoms with van der Waals surface area (Å²) in [6.07, 6.45) is 5.03. The van der Waals surface area contributed by atoms with Gasteiger partial charge in [-0.2, -0.15) is 4.31 Å². The minimum absolute atomic E-state index is 0.129. The van der Waals surface area contributed by atoms with Gasteiger partial charge in [0, 0.05) is 38.4 Å². The first-order valence-electron chi connectivity index (χ1n) is 7.73. The van der Waals surface area contributed by atoms with Crippen LogP contribution in [0.5, 0.6) is 0 Å². The van der Waals surface area contributed by atoms with E-state index in [9.17, 15) is 13.2 Å². The molecule has 2 fully saturated rings. The molecule has 0 bridgehead atoms. The van der Waals surface area contributed by atoms with Crippen LogP contribution in [0.1, 0.15) is 36.2 Å². The number of nitrogens with one attached hydrogen (secondary N) is 1. The Labute approximate surface area is 130 Å². The molecule has 1 atom stereocenters. The highest BCUT2D eigenvalue weighted by molar-refractivity contribution is 7.89. The van der Waals surface area contributed by atoms with Crippen molar-refractivity contribution in [2.45, 2.75) is 36.6 Å². The van der Waals surface area contributed by atoms with Crippen molar-refractivity contribution < 1.29 is 13.2 Å². The van der Waals surface area contributed by atoms with Crippen molar-refractivity contribution >= 4 is 15.9 Å². The third kappa shape index (κ3) is 2.66. The molecule has 7 nitrogen and oxygen atoms in total. The third-order valence-corrected chi connectivity index (χ3v) is 6.41. The number of carbonyl (C=O) groups is 1. The lowest BCUT2D eigenvalue weighted by Crippen LogP contribution is -2.39. The van der Waals surface area contributed by atoms with Gasteiger partial charge in [0.1, 0.15) is 10.6 Å². The second-order valence-corrected chi connectivity index (χ2v) is 7.79. The van der Waals surface area contributed by atoms with Crippen molar-refractivity contribution in [3.63, 3.8) is 0 Å². The van der Waals surface area contributed by atoms with Crippen LogP contribution in [0.2, 0.25) is 0 Å². The third-order valence-electron chi connectivity index (χ3n) is 4.48. The van der Waals surface area contributed by atoms with Gasteiger partial charge in [-0.1, -0.05) is 0 Å². The van der Waals surface area contributed by atoms with E-state index in [0.717, 1.165) is 38.8 Å². The number of carbonyl (C=O) groups excluding carboxylic acids is 1. The summed E-state index contributed by atoms with van der Waals surface area (Å²) in [6.45, 7) is 2.29. The second kappa shape index (κ2) is 6.02. The molecule has 0 spiro atoms. The van der Waals surface area contributed by atoms with E-state index in [-0.39, 0.29) is 16.8 Å². The summed E-state index contributed by atoms with van der Waals surface area (Å²) in [6, 6.07) is 1.31. The molecular formula is C14H22N4O3S. The van der Waals surface area contributed by atoms with E-state index in [1.165, 1.54) is 16.6 Å². The first-order chi connectivity index (χ1) is 10.5. The van der Waals surface area contributed by atoms with E-state index in [4.69, 9.17) is 5.73 Å². The molecule has 3 rings (SSSR count). The highest BCUT2D eigenvalue weighted by Gasteiger charge is 2.35. The zero-order chi connectivity index (χ0) is 15.7. The fraction of sp³-hybridized carbons (Fsp3) is 0.643. The average Bonchev–Trinajstić information content (AvgIpc) is 3.26. The summed E-state index contributed by atoms with van der Waals surface area (Å²) < 4.78 is 26.8. The molecule has 122 valence electrons. The van der Waals surface area contributed by atoms with Gasteiger partial charge in [0.25, 0.3) is 5.91 Å². The van der Waals surface area contributed by atoms with Crippen molar-refractivity contribution in [2.24, 2.45) is 5.73 Å². The van der Waals surface area contributed by atoms with E-state index in [1.807, 2.05) is 0 Å². The van der Waals surface area contributed by atoms with Gasteiger partial charge in [-0.15, -0.1) is 0 Å². The lowest BCUT2D eigenvalue weighted by molar-refractivity contribution is 0.0787. The van der Waals surface area contributed by atoms with Gasteiger partial charge in [-0.25, -0.2) is 8.42 Å². The van der Waals surface area contributed by atoms with E-state index in [1.54, 1.807) is 4.90 Å². The normalized spacial score (nSPS) is 23.3. The summed E-state index contributed by atoms with van der Waals surface area (Å²) >= 11 is 0. The van der Waals surface area contributed by atoms with Gasteiger partial charge in [-0.05, 0) is 31.7 Å². The highest BCUT2D eigenvalue weighted by atomic mass is 32.2. The summed E-state index contributed by atoms with van der Waals surface area (Å²) in [7, 11) is -3.58. The molecule has 0 saturated carbocycles. The quantitative estimate of drug-likeness (QED) is 0.834. The van der Waals surface area contributed by atoms with Crippen molar-refractivity contribution in [1.82, 2.24) is 14.2 Å². The first-order valence-corrected chi connectivity index (χ1v) is 9.17. The zero-order valence-corrected chi connectivity index (χ0v) is 13.3. The molecule has 2 aliphatic heterocycles. The Balaban J connectivity index is 1.82. The standard InChI is InChI=1S/C14H22N4O3S/c15-9-11-4-3-7-18(11)22(20,21)12-8-13(16-10-12)14(19)17-5-1-2-6-17/h8,10-11,16H,1-7,9,15H2. The topological polar surface area (TPSA) is 99.5 Å². The van der Waals surface area contributed by atoms with Crippen LogP contribution in [-0.4, -0.2) is 60.7 Å². The summed E-state index contributed by atoms with van der Waals surface area (Å²) in [5.74, 6) is -0.129.